The summed E-state index contributed by atoms with van der Waals surface area (Å²) in [5, 5.41) is 0. The molecule has 0 aromatic heterocycles. The monoisotopic (exact) mass is 328 g/mol. The molecule has 0 saturated carbocycles. The summed E-state index contributed by atoms with van der Waals surface area (Å²) in [4.78, 5) is 0. The van der Waals surface area contributed by atoms with Crippen LogP contribution in [-0.4, -0.2) is 13.2 Å². The summed E-state index contributed by atoms with van der Waals surface area (Å²) in [5.41, 5.74) is 14.3. The SMILES string of the molecule is Cc1cccc(OCCCCCCCOc2cccc(N)c2)c1N. The van der Waals surface area contributed by atoms with Gasteiger partial charge in [-0.3, -0.25) is 0 Å². The molecular formula is C20H28N2O2. The Hall–Kier alpha value is -2.36. The molecule has 0 aliphatic heterocycles. The summed E-state index contributed by atoms with van der Waals surface area (Å²) < 4.78 is 11.4. The number of benzene rings is 2. The third-order valence-electron chi connectivity index (χ3n) is 3.96. The molecule has 24 heavy (non-hydrogen) atoms. The number of anilines is 2. The highest BCUT2D eigenvalue weighted by Gasteiger charge is 2.02. The largest absolute Gasteiger partial charge is 0.494 e. The molecule has 0 spiro atoms. The summed E-state index contributed by atoms with van der Waals surface area (Å²) in [6.07, 6.45) is 5.61. The van der Waals surface area contributed by atoms with E-state index in [0.29, 0.717) is 6.61 Å². The fourth-order valence-corrected chi connectivity index (χ4v) is 2.49. The van der Waals surface area contributed by atoms with Crippen molar-refractivity contribution in [2.75, 3.05) is 24.7 Å². The van der Waals surface area contributed by atoms with Crippen LogP contribution in [0.4, 0.5) is 11.4 Å². The first-order chi connectivity index (χ1) is 11.7. The Morgan fingerprint density at radius 1 is 0.792 bits per heavy atom. The smallest absolute Gasteiger partial charge is 0.142 e. The number of para-hydroxylation sites is 1. The van der Waals surface area contributed by atoms with Crippen LogP contribution >= 0.6 is 0 Å². The van der Waals surface area contributed by atoms with E-state index in [1.807, 2.05) is 49.4 Å². The average Bonchev–Trinajstić information content (AvgIpc) is 2.57. The van der Waals surface area contributed by atoms with Crippen molar-refractivity contribution in [3.8, 4) is 11.5 Å². The summed E-state index contributed by atoms with van der Waals surface area (Å²) in [7, 11) is 0. The van der Waals surface area contributed by atoms with Crippen molar-refractivity contribution < 1.29 is 9.47 Å². The molecule has 0 unspecified atom stereocenters. The minimum atomic E-state index is 0.716. The Balaban J connectivity index is 1.49. The lowest BCUT2D eigenvalue weighted by Crippen LogP contribution is -2.02. The van der Waals surface area contributed by atoms with Crippen molar-refractivity contribution in [1.29, 1.82) is 0 Å². The van der Waals surface area contributed by atoms with Crippen LogP contribution in [0.25, 0.3) is 0 Å². The number of rotatable bonds is 10. The predicted octanol–water partition coefficient (Wildman–Crippen LogP) is 4.57. The van der Waals surface area contributed by atoms with Crippen molar-refractivity contribution in [3.05, 3.63) is 48.0 Å². The third-order valence-corrected chi connectivity index (χ3v) is 3.96. The number of hydrogen-bond donors (Lipinski definition) is 2. The molecule has 0 saturated heterocycles. The van der Waals surface area contributed by atoms with Crippen LogP contribution in [0.5, 0.6) is 11.5 Å². The maximum Gasteiger partial charge on any atom is 0.142 e. The Morgan fingerprint density at radius 3 is 2.21 bits per heavy atom. The highest BCUT2D eigenvalue weighted by atomic mass is 16.5. The van der Waals surface area contributed by atoms with Crippen molar-refractivity contribution in [1.82, 2.24) is 0 Å². The number of hydrogen-bond acceptors (Lipinski definition) is 4. The molecular weight excluding hydrogens is 300 g/mol. The van der Waals surface area contributed by atoms with Crippen LogP contribution in [0.1, 0.15) is 37.7 Å². The second-order valence-corrected chi connectivity index (χ2v) is 6.02. The quantitative estimate of drug-likeness (QED) is 0.495. The van der Waals surface area contributed by atoms with Gasteiger partial charge in [-0.15, -0.1) is 0 Å². The molecule has 0 amide bonds. The van der Waals surface area contributed by atoms with Crippen LogP contribution < -0.4 is 20.9 Å². The molecule has 0 heterocycles. The summed E-state index contributed by atoms with van der Waals surface area (Å²) in [6.45, 7) is 3.45. The Labute approximate surface area is 144 Å². The minimum Gasteiger partial charge on any atom is -0.494 e. The van der Waals surface area contributed by atoms with Gasteiger partial charge in [0.1, 0.15) is 11.5 Å². The normalized spacial score (nSPS) is 10.5. The van der Waals surface area contributed by atoms with Gasteiger partial charge in [0.15, 0.2) is 0 Å². The van der Waals surface area contributed by atoms with Gasteiger partial charge in [0, 0.05) is 11.8 Å². The second-order valence-electron chi connectivity index (χ2n) is 6.02. The van der Waals surface area contributed by atoms with Gasteiger partial charge < -0.3 is 20.9 Å². The number of aryl methyl sites for hydroxylation is 1. The summed E-state index contributed by atoms with van der Waals surface area (Å²) in [5.74, 6) is 1.64. The Kier molecular flexibility index (Phi) is 7.27. The summed E-state index contributed by atoms with van der Waals surface area (Å²) in [6, 6.07) is 13.5. The molecule has 0 fully saturated rings. The molecule has 2 aromatic rings. The topological polar surface area (TPSA) is 70.5 Å². The van der Waals surface area contributed by atoms with Crippen LogP contribution in [0.3, 0.4) is 0 Å². The van der Waals surface area contributed by atoms with E-state index in [1.54, 1.807) is 0 Å². The fourth-order valence-electron chi connectivity index (χ4n) is 2.49. The molecule has 4 N–H and O–H groups in total. The lowest BCUT2D eigenvalue weighted by Gasteiger charge is -2.10. The van der Waals surface area contributed by atoms with E-state index < -0.39 is 0 Å². The molecule has 0 bridgehead atoms. The van der Waals surface area contributed by atoms with Crippen LogP contribution in [0.15, 0.2) is 42.5 Å². The minimum absolute atomic E-state index is 0.716. The zero-order valence-electron chi connectivity index (χ0n) is 14.5. The fraction of sp³-hybridized carbons (Fsp3) is 0.400. The molecule has 4 heteroatoms. The molecule has 130 valence electrons. The van der Waals surface area contributed by atoms with Crippen molar-refractivity contribution in [3.63, 3.8) is 0 Å². The molecule has 0 atom stereocenters. The predicted molar refractivity (Wildman–Crippen MR) is 101 cm³/mol. The Morgan fingerprint density at radius 2 is 1.46 bits per heavy atom. The molecule has 2 rings (SSSR count). The van der Waals surface area contributed by atoms with Crippen LogP contribution in [0.2, 0.25) is 0 Å². The van der Waals surface area contributed by atoms with E-state index in [4.69, 9.17) is 20.9 Å². The Bertz CT molecular complexity index is 629. The zero-order chi connectivity index (χ0) is 17.2. The number of nitrogen functional groups attached to an aromatic ring is 2. The van der Waals surface area contributed by atoms with E-state index in [0.717, 1.165) is 60.7 Å². The molecule has 4 nitrogen and oxygen atoms in total. The molecule has 2 aromatic carbocycles. The summed E-state index contributed by atoms with van der Waals surface area (Å²) >= 11 is 0. The van der Waals surface area contributed by atoms with E-state index >= 15 is 0 Å². The second kappa shape index (κ2) is 9.71. The van der Waals surface area contributed by atoms with E-state index in [9.17, 15) is 0 Å². The third kappa shape index (κ3) is 6.03. The molecule has 0 radical (unpaired) electrons. The average molecular weight is 328 g/mol. The highest BCUT2D eigenvalue weighted by Crippen LogP contribution is 2.24. The van der Waals surface area contributed by atoms with Gasteiger partial charge in [0.05, 0.1) is 18.9 Å². The maximum atomic E-state index is 5.99. The van der Waals surface area contributed by atoms with E-state index in [-0.39, 0.29) is 0 Å². The zero-order valence-corrected chi connectivity index (χ0v) is 14.5. The van der Waals surface area contributed by atoms with Gasteiger partial charge in [0.25, 0.3) is 0 Å². The number of nitrogens with two attached hydrogens (primary N) is 2. The first kappa shape index (κ1) is 18.0. The van der Waals surface area contributed by atoms with Gasteiger partial charge in [-0.25, -0.2) is 0 Å². The van der Waals surface area contributed by atoms with Gasteiger partial charge in [-0.1, -0.05) is 37.5 Å². The number of ether oxygens (including phenoxy) is 2. The van der Waals surface area contributed by atoms with Gasteiger partial charge >= 0.3 is 0 Å². The highest BCUT2D eigenvalue weighted by molar-refractivity contribution is 5.57. The molecule has 0 aliphatic rings. The van der Waals surface area contributed by atoms with E-state index in [2.05, 4.69) is 0 Å². The van der Waals surface area contributed by atoms with E-state index in [1.165, 1.54) is 6.42 Å². The van der Waals surface area contributed by atoms with Gasteiger partial charge in [-0.05, 0) is 43.5 Å². The lowest BCUT2D eigenvalue weighted by molar-refractivity contribution is 0.294. The molecule has 0 aliphatic carbocycles. The maximum absolute atomic E-state index is 5.99. The lowest BCUT2D eigenvalue weighted by atomic mass is 10.1. The van der Waals surface area contributed by atoms with Gasteiger partial charge in [0.2, 0.25) is 0 Å². The standard InChI is InChI=1S/C20H28N2O2/c1-16-9-7-12-19(20(16)22)24-14-6-4-2-3-5-13-23-18-11-8-10-17(21)15-18/h7-12,15H,2-6,13-14,21-22H2,1H3. The van der Waals surface area contributed by atoms with Crippen molar-refractivity contribution >= 4 is 11.4 Å². The first-order valence-corrected chi connectivity index (χ1v) is 8.63. The van der Waals surface area contributed by atoms with Crippen LogP contribution in [0, 0.1) is 6.92 Å². The van der Waals surface area contributed by atoms with Crippen molar-refractivity contribution in [2.45, 2.75) is 39.0 Å². The van der Waals surface area contributed by atoms with Gasteiger partial charge in [-0.2, -0.15) is 0 Å². The van der Waals surface area contributed by atoms with Crippen molar-refractivity contribution in [2.24, 2.45) is 0 Å². The first-order valence-electron chi connectivity index (χ1n) is 8.63. The van der Waals surface area contributed by atoms with Crippen LogP contribution in [-0.2, 0) is 0 Å². The number of unbranched alkanes of at least 4 members (excludes halogenated alkanes) is 4.